The van der Waals surface area contributed by atoms with Gasteiger partial charge < -0.3 is 11.0 Å². The van der Waals surface area contributed by atoms with Crippen LogP contribution in [-0.4, -0.2) is 36.0 Å². The van der Waals surface area contributed by atoms with E-state index in [4.69, 9.17) is 4.46 Å². The molecule has 0 aliphatic rings. The molecule has 0 atom stereocenters. The molecule has 0 fully saturated rings. The minimum absolute atomic E-state index is 0. The Morgan fingerprint density at radius 2 is 1.00 bits per heavy atom. The third-order valence-electron chi connectivity index (χ3n) is 0. The summed E-state index contributed by atoms with van der Waals surface area (Å²) in [6.07, 6.45) is 0. The molecule has 0 aliphatic heterocycles. The van der Waals surface area contributed by atoms with E-state index in [1.165, 1.54) is 0 Å². The van der Waals surface area contributed by atoms with Gasteiger partial charge in [-0.05, 0) is 0 Å². The molecule has 0 aromatic rings. The fourth-order valence-corrected chi connectivity index (χ4v) is 0. The molecule has 6 heteroatoms. The van der Waals surface area contributed by atoms with Gasteiger partial charge in [-0.1, -0.05) is 0 Å². The number of hydrogen-bond acceptors (Lipinski definition) is 1. The van der Waals surface area contributed by atoms with Gasteiger partial charge in [-0.25, -0.2) is 0 Å². The normalized spacial score (nSPS) is 1.00. The van der Waals surface area contributed by atoms with Crippen molar-refractivity contribution >= 4 is 36.0 Å². The molecule has 0 aromatic heterocycles. The van der Waals surface area contributed by atoms with Crippen molar-refractivity contribution in [2.45, 2.75) is 0 Å². The van der Waals surface area contributed by atoms with Gasteiger partial charge in [0, 0.05) is 0 Å². The summed E-state index contributed by atoms with van der Waals surface area (Å²) in [5.74, 6) is 0. The van der Waals surface area contributed by atoms with E-state index in [9.17, 15) is 0 Å². The molecule has 3 nitrogen and oxygen atoms in total. The van der Waals surface area contributed by atoms with Crippen LogP contribution in [0.15, 0.2) is 0 Å². The maximum atomic E-state index is 8.06. The maximum absolute atomic E-state index is 8.06. The van der Waals surface area contributed by atoms with E-state index in [0.717, 1.165) is 0 Å². The fourth-order valence-electron chi connectivity index (χ4n) is 0. The zero-order valence-corrected chi connectivity index (χ0v) is 8.06. The van der Waals surface area contributed by atoms with Crippen molar-refractivity contribution in [3.63, 3.8) is 0 Å². The largest absolute Gasteiger partial charge is 3.00 e. The van der Waals surface area contributed by atoms with Crippen LogP contribution in [0.4, 0.5) is 0 Å². The molecule has 0 aromatic carbocycles. The Kier molecular flexibility index (Phi) is 921. The smallest absolute Gasteiger partial charge is 2.00 e. The molecular formula is FeInO3Si+3. The van der Waals surface area contributed by atoms with E-state index in [0.29, 0.717) is 0 Å². The second kappa shape index (κ2) is 102. The number of hydrogen-bond donors (Lipinski definition) is 0. The molecule has 0 spiro atoms. The predicted molar refractivity (Wildman–Crippen MR) is 13.6 cm³/mol. The molecule has 0 saturated heterocycles. The summed E-state index contributed by atoms with van der Waals surface area (Å²) < 4.78 is 8.06. The molecule has 6 heavy (non-hydrogen) atoms. The van der Waals surface area contributed by atoms with E-state index in [2.05, 4.69) is 0 Å². The van der Waals surface area contributed by atoms with Crippen molar-refractivity contribution in [3.05, 3.63) is 0 Å². The zero-order valence-electron chi connectivity index (χ0n) is 2.66. The zero-order chi connectivity index (χ0) is 2.00. The van der Waals surface area contributed by atoms with Gasteiger partial charge in [0.15, 0.2) is 0 Å². The van der Waals surface area contributed by atoms with Crippen LogP contribution in [0.25, 0.3) is 0 Å². The number of rotatable bonds is 0. The van der Waals surface area contributed by atoms with Gasteiger partial charge in [0.2, 0.25) is 0 Å². The minimum Gasteiger partial charge on any atom is -2.00 e. The van der Waals surface area contributed by atoms with Gasteiger partial charge in [0.1, 0.15) is 0 Å². The van der Waals surface area contributed by atoms with Crippen molar-refractivity contribution in [3.8, 4) is 0 Å². The second-order valence-electron chi connectivity index (χ2n) is 0. The molecule has 30 valence electrons. The van der Waals surface area contributed by atoms with Crippen LogP contribution in [0.5, 0.6) is 0 Å². The molecule has 0 unspecified atom stereocenters. The Morgan fingerprint density at radius 1 is 1.00 bits per heavy atom. The second-order valence-corrected chi connectivity index (χ2v) is 0. The first-order chi connectivity index (χ1) is 1.00. The summed E-state index contributed by atoms with van der Waals surface area (Å²) in [7, 11) is 1.72. The van der Waals surface area contributed by atoms with Crippen molar-refractivity contribution in [2.75, 3.05) is 0 Å². The maximum Gasteiger partial charge on any atom is 3.00 e. The van der Waals surface area contributed by atoms with Crippen LogP contribution in [-0.2, 0) is 32.5 Å². The Hall–Kier alpha value is 1.33. The van der Waals surface area contributed by atoms with E-state index in [1.54, 1.807) is 10.1 Å². The van der Waals surface area contributed by atoms with Crippen molar-refractivity contribution in [2.24, 2.45) is 0 Å². The van der Waals surface area contributed by atoms with Gasteiger partial charge in [0.25, 0.3) is 0 Å². The van der Waals surface area contributed by atoms with Gasteiger partial charge in [-0.3, -0.25) is 0 Å². The van der Waals surface area contributed by atoms with E-state index in [-0.39, 0.29) is 53.9 Å². The molecule has 0 bridgehead atoms. The average molecular weight is 247 g/mol. The summed E-state index contributed by atoms with van der Waals surface area (Å²) in [5, 5.41) is 0. The Labute approximate surface area is 68.2 Å². The van der Waals surface area contributed by atoms with E-state index < -0.39 is 0 Å². The van der Waals surface area contributed by atoms with Crippen LogP contribution in [0.3, 0.4) is 0 Å². The first kappa shape index (κ1) is 54.2. The summed E-state index contributed by atoms with van der Waals surface area (Å²) in [6, 6.07) is 0. The molecular weight excluding hydrogens is 247 g/mol. The third-order valence-corrected chi connectivity index (χ3v) is 0. The van der Waals surface area contributed by atoms with E-state index in [1.807, 2.05) is 0 Å². The van der Waals surface area contributed by atoms with Crippen LogP contribution in [0.1, 0.15) is 0 Å². The average Bonchev–Trinajstić information content (AvgIpc) is 1.00. The summed E-state index contributed by atoms with van der Waals surface area (Å²) >= 11 is 0. The third kappa shape index (κ3) is 56.7. The topological polar surface area (TPSA) is 74.1 Å². The van der Waals surface area contributed by atoms with Gasteiger partial charge in [0.05, 0.1) is 0 Å². The molecule has 0 aliphatic carbocycles. The predicted octanol–water partition coefficient (Wildman–Crippen LogP) is -1.12. The van der Waals surface area contributed by atoms with Gasteiger partial charge in [-0.15, -0.1) is 0 Å². The van der Waals surface area contributed by atoms with Crippen molar-refractivity contribution in [1.82, 2.24) is 0 Å². The summed E-state index contributed by atoms with van der Waals surface area (Å²) in [4.78, 5) is 0. The Morgan fingerprint density at radius 3 is 1.00 bits per heavy atom. The first-order valence-electron chi connectivity index (χ1n) is 0.204. The molecule has 0 rings (SSSR count). The van der Waals surface area contributed by atoms with Gasteiger partial charge >= 0.3 is 57.5 Å². The van der Waals surface area contributed by atoms with Crippen molar-refractivity contribution < 1.29 is 32.5 Å². The Balaban J connectivity index is -0.000000000833. The van der Waals surface area contributed by atoms with E-state index >= 15 is 0 Å². The fraction of sp³-hybridized carbons (Fsp3) is 0. The molecule has 0 amide bonds. The van der Waals surface area contributed by atoms with Crippen LogP contribution in [0.2, 0.25) is 0 Å². The molecule has 0 saturated carbocycles. The molecule has 0 N–H and O–H groups in total. The standard InChI is InChI=1S/Fe.In.OSi.2O/c;;1-2;;/q+2;+3;+2;2*-2. The minimum atomic E-state index is 0. The summed E-state index contributed by atoms with van der Waals surface area (Å²) in [5.41, 5.74) is 0. The van der Waals surface area contributed by atoms with Crippen LogP contribution >= 0.6 is 0 Å². The summed E-state index contributed by atoms with van der Waals surface area (Å²) in [6.45, 7) is 0. The van der Waals surface area contributed by atoms with Crippen LogP contribution < -0.4 is 0 Å². The van der Waals surface area contributed by atoms with Crippen molar-refractivity contribution in [1.29, 1.82) is 0 Å². The molecule has 0 heterocycles. The monoisotopic (exact) mass is 247 g/mol. The first-order valence-corrected chi connectivity index (χ1v) is 0.612. The SMILES string of the molecule is O=[Si+2].[Fe+2].[In+3].[O-2].[O-2]. The Bertz CT molecular complexity index is 10.8. The van der Waals surface area contributed by atoms with Gasteiger partial charge in [-0.2, -0.15) is 0 Å². The van der Waals surface area contributed by atoms with Crippen LogP contribution in [0, 0.1) is 0 Å². The quantitative estimate of drug-likeness (QED) is 0.499. The molecule has 0 radical (unpaired) electrons.